The van der Waals surface area contributed by atoms with Gasteiger partial charge in [0, 0.05) is 6.54 Å². The summed E-state index contributed by atoms with van der Waals surface area (Å²) in [5, 5.41) is 0. The number of rotatable bonds is 1. The number of nitrogens with two attached hydrogens (primary N) is 1. The quantitative estimate of drug-likeness (QED) is 0.263. The van der Waals surface area contributed by atoms with Gasteiger partial charge in [0.25, 0.3) is 0 Å². The first-order valence-corrected chi connectivity index (χ1v) is 3.57. The summed E-state index contributed by atoms with van der Waals surface area (Å²) in [6, 6.07) is 0. The maximum atomic E-state index is 8.88. The van der Waals surface area contributed by atoms with E-state index in [1.54, 1.807) is 6.08 Å². The Bertz CT molecular complexity index is 103. The van der Waals surface area contributed by atoms with Crippen LogP contribution in [0.1, 0.15) is 0 Å². The van der Waals surface area contributed by atoms with E-state index in [0.717, 1.165) is 0 Å². The first-order valence-electron chi connectivity index (χ1n) is 2.01. The molecule has 64 valence electrons. The minimum atomic E-state index is -4.64. The van der Waals surface area contributed by atoms with Crippen molar-refractivity contribution >= 4 is 7.82 Å². The van der Waals surface area contributed by atoms with Crippen LogP contribution in [-0.2, 0) is 4.57 Å². The van der Waals surface area contributed by atoms with E-state index in [2.05, 4.69) is 6.58 Å². The summed E-state index contributed by atoms with van der Waals surface area (Å²) in [5.41, 5.74) is 4.91. The highest BCUT2D eigenvalue weighted by Crippen LogP contribution is 2.25. The summed E-state index contributed by atoms with van der Waals surface area (Å²) in [4.78, 5) is 21.6. The van der Waals surface area contributed by atoms with Crippen LogP contribution in [0.25, 0.3) is 0 Å². The van der Waals surface area contributed by atoms with Gasteiger partial charge < -0.3 is 26.6 Å². The molecule has 0 fully saturated rings. The van der Waals surface area contributed by atoms with Crippen LogP contribution in [0, 0.1) is 0 Å². The highest BCUT2D eigenvalue weighted by molar-refractivity contribution is 7.45. The molecule has 10 heavy (non-hydrogen) atoms. The minimum Gasteiger partial charge on any atom is -0.344 e. The maximum Gasteiger partial charge on any atom is 0.466 e. The molecule has 0 bridgehead atoms. The maximum absolute atomic E-state index is 8.88. The third-order valence-corrected chi connectivity index (χ3v) is 0.167. The Morgan fingerprint density at radius 1 is 1.50 bits per heavy atom. The van der Waals surface area contributed by atoms with E-state index in [-0.39, 0.29) is 6.15 Å². The smallest absolute Gasteiger partial charge is 0.344 e. The molecule has 8 N–H and O–H groups in total. The molecule has 0 amide bonds. The molecule has 0 atom stereocenters. The summed E-state index contributed by atoms with van der Waals surface area (Å²) in [6.45, 7) is 3.94. The fourth-order valence-corrected chi connectivity index (χ4v) is 0. The monoisotopic (exact) mass is 172 g/mol. The molecule has 7 heteroatoms. The normalized spacial score (nSPS) is 8.40. The second-order valence-electron chi connectivity index (χ2n) is 1.04. The van der Waals surface area contributed by atoms with Gasteiger partial charge in [-0.25, -0.2) is 4.57 Å². The predicted molar refractivity (Wildman–Crippen MR) is 38.5 cm³/mol. The Labute approximate surface area is 59.2 Å². The average molecular weight is 172 g/mol. The fraction of sp³-hybridized carbons (Fsp3) is 0.333. The van der Waals surface area contributed by atoms with Crippen LogP contribution in [0.5, 0.6) is 0 Å². The number of hydrogen-bond acceptors (Lipinski definition) is 3. The molecular weight excluding hydrogens is 159 g/mol. The molecule has 0 spiro atoms. The SMILES string of the molecule is C=CCN.N.O=P(O)(O)O. The van der Waals surface area contributed by atoms with Crippen molar-refractivity contribution in [2.75, 3.05) is 6.54 Å². The average Bonchev–Trinajstić information content (AvgIpc) is 1.61. The van der Waals surface area contributed by atoms with E-state index in [0.29, 0.717) is 6.54 Å². The highest BCUT2D eigenvalue weighted by atomic mass is 31.2. The van der Waals surface area contributed by atoms with Crippen LogP contribution < -0.4 is 11.9 Å². The van der Waals surface area contributed by atoms with Crippen LogP contribution >= 0.6 is 7.82 Å². The number of phosphoric acid groups is 1. The van der Waals surface area contributed by atoms with Gasteiger partial charge in [-0.05, 0) is 0 Å². The van der Waals surface area contributed by atoms with Gasteiger partial charge >= 0.3 is 7.82 Å². The van der Waals surface area contributed by atoms with Crippen molar-refractivity contribution in [2.24, 2.45) is 5.73 Å². The van der Waals surface area contributed by atoms with Gasteiger partial charge in [0.15, 0.2) is 0 Å². The first kappa shape index (κ1) is 16.4. The van der Waals surface area contributed by atoms with Crippen molar-refractivity contribution in [1.29, 1.82) is 0 Å². The van der Waals surface area contributed by atoms with E-state index in [9.17, 15) is 0 Å². The van der Waals surface area contributed by atoms with Crippen molar-refractivity contribution in [3.05, 3.63) is 12.7 Å². The molecule has 0 aromatic carbocycles. The number of hydrogen-bond donors (Lipinski definition) is 5. The molecule has 0 unspecified atom stereocenters. The van der Waals surface area contributed by atoms with Crippen molar-refractivity contribution in [3.63, 3.8) is 0 Å². The summed E-state index contributed by atoms with van der Waals surface area (Å²) in [7, 11) is -4.64. The molecule has 0 heterocycles. The Morgan fingerprint density at radius 2 is 1.60 bits per heavy atom. The second-order valence-corrected chi connectivity index (χ2v) is 2.06. The van der Waals surface area contributed by atoms with Crippen LogP contribution in [0.3, 0.4) is 0 Å². The largest absolute Gasteiger partial charge is 0.466 e. The molecule has 0 aliphatic rings. The molecule has 6 nitrogen and oxygen atoms in total. The van der Waals surface area contributed by atoms with Gasteiger partial charge in [0.2, 0.25) is 0 Å². The lowest BCUT2D eigenvalue weighted by molar-refractivity contribution is 0.275. The fourth-order valence-electron chi connectivity index (χ4n) is 0. The summed E-state index contributed by atoms with van der Waals surface area (Å²) < 4.78 is 8.88. The summed E-state index contributed by atoms with van der Waals surface area (Å²) in [5.74, 6) is 0. The molecule has 0 aromatic rings. The standard InChI is InChI=1S/C3H7N.H3N.H3O4P/c1-2-3-4;;1-5(2,3)4/h2H,1,3-4H2;1H3;(H3,1,2,3,4). The summed E-state index contributed by atoms with van der Waals surface area (Å²) in [6.07, 6.45) is 1.65. The second kappa shape index (κ2) is 8.77. The Balaban J connectivity index is -0.0000000910. The lowest BCUT2D eigenvalue weighted by Crippen LogP contribution is -1.90. The van der Waals surface area contributed by atoms with Crippen molar-refractivity contribution in [2.45, 2.75) is 0 Å². The molecule has 0 aliphatic carbocycles. The molecule has 0 saturated heterocycles. The van der Waals surface area contributed by atoms with Gasteiger partial charge in [-0.1, -0.05) is 6.08 Å². The Morgan fingerprint density at radius 3 is 1.60 bits per heavy atom. The molecule has 0 aromatic heterocycles. The minimum absolute atomic E-state index is 0. The Hall–Kier alpha value is -0.230. The topological polar surface area (TPSA) is 139 Å². The van der Waals surface area contributed by atoms with Gasteiger partial charge in [-0.3, -0.25) is 0 Å². The zero-order valence-electron chi connectivity index (χ0n) is 5.47. The van der Waals surface area contributed by atoms with Crippen molar-refractivity contribution in [1.82, 2.24) is 6.15 Å². The van der Waals surface area contributed by atoms with Gasteiger partial charge in [-0.2, -0.15) is 0 Å². The predicted octanol–water partition coefficient (Wildman–Crippen LogP) is -0.636. The van der Waals surface area contributed by atoms with E-state index in [1.807, 2.05) is 0 Å². The molecule has 0 rings (SSSR count). The zero-order valence-corrected chi connectivity index (χ0v) is 6.37. The van der Waals surface area contributed by atoms with Crippen molar-refractivity contribution in [3.8, 4) is 0 Å². The van der Waals surface area contributed by atoms with E-state index in [4.69, 9.17) is 25.0 Å². The lowest BCUT2D eigenvalue weighted by Gasteiger charge is -1.82. The Kier molecular flexibility index (Phi) is 14.4. The van der Waals surface area contributed by atoms with E-state index < -0.39 is 7.82 Å². The summed E-state index contributed by atoms with van der Waals surface area (Å²) >= 11 is 0. The van der Waals surface area contributed by atoms with Crippen LogP contribution in [0.4, 0.5) is 0 Å². The third kappa shape index (κ3) is 601. The zero-order chi connectivity index (χ0) is 7.91. The van der Waals surface area contributed by atoms with Gasteiger partial charge in [-0.15, -0.1) is 6.58 Å². The highest BCUT2D eigenvalue weighted by Gasteiger charge is 2.00. The lowest BCUT2D eigenvalue weighted by atomic mass is 10.7. The molecule has 0 saturated carbocycles. The third-order valence-electron chi connectivity index (χ3n) is 0.167. The van der Waals surface area contributed by atoms with Gasteiger partial charge in [0.1, 0.15) is 0 Å². The van der Waals surface area contributed by atoms with Crippen molar-refractivity contribution < 1.29 is 19.2 Å². The van der Waals surface area contributed by atoms with Gasteiger partial charge in [0.05, 0.1) is 0 Å². The van der Waals surface area contributed by atoms with Crippen LogP contribution in [0.15, 0.2) is 12.7 Å². The first-order chi connectivity index (χ1) is 3.91. The molecule has 0 radical (unpaired) electrons. The molecular formula is C3H13N2O4P. The van der Waals surface area contributed by atoms with Crippen LogP contribution in [-0.4, -0.2) is 21.2 Å². The van der Waals surface area contributed by atoms with E-state index in [1.165, 1.54) is 0 Å². The van der Waals surface area contributed by atoms with E-state index >= 15 is 0 Å². The molecule has 0 aliphatic heterocycles. The van der Waals surface area contributed by atoms with Crippen LogP contribution in [0.2, 0.25) is 0 Å².